The maximum absolute atomic E-state index is 6.19. The zero-order chi connectivity index (χ0) is 17.4. The van der Waals surface area contributed by atoms with Crippen LogP contribution in [0.25, 0.3) is 0 Å². The minimum atomic E-state index is 0. The van der Waals surface area contributed by atoms with Crippen LogP contribution in [0.1, 0.15) is 32.2 Å². The lowest BCUT2D eigenvalue weighted by Gasteiger charge is -2.14. The number of halogens is 2. The molecule has 138 valence electrons. The molecule has 2 N–H and O–H groups in total. The summed E-state index contributed by atoms with van der Waals surface area (Å²) in [6.07, 6.45) is 3.86. The van der Waals surface area contributed by atoms with Gasteiger partial charge in [-0.25, -0.2) is 9.98 Å². The molecule has 0 saturated heterocycles. The number of hydrogen-bond acceptors (Lipinski definition) is 2. The highest BCUT2D eigenvalue weighted by Gasteiger charge is 2.06. The molecule has 0 fully saturated rings. The Balaban J connectivity index is 0.00000312. The Morgan fingerprint density at radius 1 is 1.28 bits per heavy atom. The third-order valence-corrected chi connectivity index (χ3v) is 3.86. The molecule has 1 heterocycles. The Labute approximate surface area is 172 Å². The van der Waals surface area contributed by atoms with Crippen molar-refractivity contribution in [3.8, 4) is 0 Å². The fraction of sp³-hybridized carbons (Fsp3) is 0.444. The molecule has 5 nitrogen and oxygen atoms in total. The van der Waals surface area contributed by atoms with Crippen molar-refractivity contribution >= 4 is 41.5 Å². The molecule has 25 heavy (non-hydrogen) atoms. The Morgan fingerprint density at radius 2 is 2.04 bits per heavy atom. The summed E-state index contributed by atoms with van der Waals surface area (Å²) in [6, 6.07) is 7.77. The van der Waals surface area contributed by atoms with Gasteiger partial charge >= 0.3 is 0 Å². The summed E-state index contributed by atoms with van der Waals surface area (Å²) in [5.74, 6) is 2.35. The summed E-state index contributed by atoms with van der Waals surface area (Å²) < 4.78 is 2.18. The number of rotatable bonds is 7. The molecule has 0 aliphatic heterocycles. The lowest BCUT2D eigenvalue weighted by atomic mass is 10.2. The second-order valence-corrected chi connectivity index (χ2v) is 6.44. The molecule has 0 atom stereocenters. The summed E-state index contributed by atoms with van der Waals surface area (Å²) in [6.45, 7) is 9.38. The van der Waals surface area contributed by atoms with E-state index in [4.69, 9.17) is 11.6 Å². The van der Waals surface area contributed by atoms with Crippen molar-refractivity contribution in [2.24, 2.45) is 10.9 Å². The second-order valence-electron chi connectivity index (χ2n) is 6.03. The maximum atomic E-state index is 6.19. The van der Waals surface area contributed by atoms with E-state index in [0.717, 1.165) is 35.5 Å². The lowest BCUT2D eigenvalue weighted by molar-refractivity contribution is 0.503. The molecule has 0 aliphatic rings. The maximum Gasteiger partial charge on any atom is 0.191 e. The summed E-state index contributed by atoms with van der Waals surface area (Å²) in [7, 11) is 0. The predicted molar refractivity (Wildman–Crippen MR) is 116 cm³/mol. The largest absolute Gasteiger partial charge is 0.357 e. The summed E-state index contributed by atoms with van der Waals surface area (Å²) >= 11 is 6.19. The molecule has 0 spiro atoms. The Kier molecular flexibility index (Phi) is 9.89. The quantitative estimate of drug-likeness (QED) is 0.361. The third-order valence-electron chi connectivity index (χ3n) is 3.49. The van der Waals surface area contributed by atoms with Crippen molar-refractivity contribution < 1.29 is 0 Å². The van der Waals surface area contributed by atoms with Gasteiger partial charge in [0.1, 0.15) is 5.82 Å². The van der Waals surface area contributed by atoms with Crippen LogP contribution < -0.4 is 10.6 Å². The van der Waals surface area contributed by atoms with Gasteiger partial charge in [0.05, 0.1) is 13.1 Å². The predicted octanol–water partition coefficient (Wildman–Crippen LogP) is 4.07. The van der Waals surface area contributed by atoms with Crippen molar-refractivity contribution in [3.05, 3.63) is 53.1 Å². The number of nitrogens with one attached hydrogen (secondary N) is 2. The fourth-order valence-corrected chi connectivity index (χ4v) is 2.56. The summed E-state index contributed by atoms with van der Waals surface area (Å²) in [5, 5.41) is 7.33. The van der Waals surface area contributed by atoms with E-state index in [1.807, 2.05) is 43.6 Å². The van der Waals surface area contributed by atoms with Gasteiger partial charge in [-0.2, -0.15) is 0 Å². The molecule has 0 bridgehead atoms. The van der Waals surface area contributed by atoms with Gasteiger partial charge in [0, 0.05) is 30.5 Å². The number of hydrogen-bond donors (Lipinski definition) is 2. The Bertz CT molecular complexity index is 669. The molecule has 1 aromatic heterocycles. The monoisotopic (exact) mass is 475 g/mol. The highest BCUT2D eigenvalue weighted by molar-refractivity contribution is 14.0. The van der Waals surface area contributed by atoms with Crippen LogP contribution in [-0.2, 0) is 19.6 Å². The van der Waals surface area contributed by atoms with Crippen molar-refractivity contribution in [1.82, 2.24) is 20.2 Å². The van der Waals surface area contributed by atoms with Crippen LogP contribution in [0.2, 0.25) is 5.02 Å². The molecule has 2 rings (SSSR count). The molecule has 0 saturated carbocycles. The summed E-state index contributed by atoms with van der Waals surface area (Å²) in [5.41, 5.74) is 1.01. The van der Waals surface area contributed by atoms with Gasteiger partial charge < -0.3 is 15.2 Å². The van der Waals surface area contributed by atoms with Crippen LogP contribution in [0.3, 0.4) is 0 Å². The SMILES string of the molecule is CCNC(=NCc1ccccc1Cl)NCc1nccn1CC(C)C.I. The Morgan fingerprint density at radius 3 is 2.72 bits per heavy atom. The molecule has 0 unspecified atom stereocenters. The molecular formula is C18H27ClIN5. The van der Waals surface area contributed by atoms with E-state index >= 15 is 0 Å². The van der Waals surface area contributed by atoms with Gasteiger partial charge in [0.15, 0.2) is 5.96 Å². The lowest BCUT2D eigenvalue weighted by Crippen LogP contribution is -2.37. The molecule has 7 heteroatoms. The van der Waals surface area contributed by atoms with Crippen molar-refractivity contribution in [2.45, 2.75) is 40.4 Å². The van der Waals surface area contributed by atoms with E-state index in [1.54, 1.807) is 0 Å². The molecule has 2 aromatic rings. The van der Waals surface area contributed by atoms with E-state index in [1.165, 1.54) is 0 Å². The van der Waals surface area contributed by atoms with Crippen LogP contribution in [0.5, 0.6) is 0 Å². The van der Waals surface area contributed by atoms with Gasteiger partial charge in [-0.1, -0.05) is 43.6 Å². The third kappa shape index (κ3) is 7.23. The van der Waals surface area contributed by atoms with E-state index in [9.17, 15) is 0 Å². The first-order valence-corrected chi connectivity index (χ1v) is 8.73. The Hall–Kier alpha value is -1.28. The normalized spacial score (nSPS) is 11.3. The number of aliphatic imine (C=N–C) groups is 1. The van der Waals surface area contributed by atoms with Crippen LogP contribution in [0, 0.1) is 5.92 Å². The van der Waals surface area contributed by atoms with Crippen LogP contribution in [0.4, 0.5) is 0 Å². The minimum Gasteiger partial charge on any atom is -0.357 e. The first kappa shape index (κ1) is 21.8. The van der Waals surface area contributed by atoms with Crippen molar-refractivity contribution in [1.29, 1.82) is 0 Å². The molecular weight excluding hydrogens is 449 g/mol. The van der Waals surface area contributed by atoms with E-state index < -0.39 is 0 Å². The highest BCUT2D eigenvalue weighted by atomic mass is 127. The number of guanidine groups is 1. The number of imidazole rings is 1. The van der Waals surface area contributed by atoms with Crippen LogP contribution >= 0.6 is 35.6 Å². The van der Waals surface area contributed by atoms with Gasteiger partial charge in [-0.05, 0) is 24.5 Å². The van der Waals surface area contributed by atoms with Gasteiger partial charge in [0.25, 0.3) is 0 Å². The van der Waals surface area contributed by atoms with E-state index in [2.05, 4.69) is 39.0 Å². The topological polar surface area (TPSA) is 54.2 Å². The van der Waals surface area contributed by atoms with Crippen molar-refractivity contribution in [2.75, 3.05) is 6.54 Å². The average Bonchev–Trinajstić information content (AvgIpc) is 2.98. The zero-order valence-electron chi connectivity index (χ0n) is 15.0. The first-order valence-electron chi connectivity index (χ1n) is 8.35. The van der Waals surface area contributed by atoms with E-state index in [-0.39, 0.29) is 24.0 Å². The van der Waals surface area contributed by atoms with Crippen LogP contribution in [-0.4, -0.2) is 22.1 Å². The average molecular weight is 476 g/mol. The number of nitrogens with zero attached hydrogens (tertiary/aromatic N) is 3. The number of benzene rings is 1. The van der Waals surface area contributed by atoms with Gasteiger partial charge in [0.2, 0.25) is 0 Å². The fourth-order valence-electron chi connectivity index (χ4n) is 2.36. The van der Waals surface area contributed by atoms with Crippen molar-refractivity contribution in [3.63, 3.8) is 0 Å². The molecule has 1 aromatic carbocycles. The number of aromatic nitrogens is 2. The summed E-state index contributed by atoms with van der Waals surface area (Å²) in [4.78, 5) is 9.04. The standard InChI is InChI=1S/C18H26ClN5.HI/c1-4-20-18(22-11-15-7-5-6-8-16(15)19)23-12-17-21-9-10-24(17)13-14(2)3;/h5-10,14H,4,11-13H2,1-3H3,(H2,20,22,23);1H. The van der Waals surface area contributed by atoms with Crippen LogP contribution in [0.15, 0.2) is 41.7 Å². The highest BCUT2D eigenvalue weighted by Crippen LogP contribution is 2.15. The minimum absolute atomic E-state index is 0. The van der Waals surface area contributed by atoms with Gasteiger partial charge in [-0.15, -0.1) is 24.0 Å². The second kappa shape index (κ2) is 11.4. The molecule has 0 radical (unpaired) electrons. The smallest absolute Gasteiger partial charge is 0.191 e. The van der Waals surface area contributed by atoms with Gasteiger partial charge in [-0.3, -0.25) is 0 Å². The molecule has 0 amide bonds. The van der Waals surface area contributed by atoms with E-state index in [0.29, 0.717) is 19.0 Å². The first-order chi connectivity index (χ1) is 11.6. The zero-order valence-corrected chi connectivity index (χ0v) is 18.1. The molecule has 0 aliphatic carbocycles.